The summed E-state index contributed by atoms with van der Waals surface area (Å²) in [5.41, 5.74) is 2.86. The van der Waals surface area contributed by atoms with Gasteiger partial charge in [0.2, 0.25) is 5.91 Å². The second kappa shape index (κ2) is 8.88. The maximum Gasteiger partial charge on any atom is 0.233 e. The first-order valence-electron chi connectivity index (χ1n) is 8.91. The molecule has 0 saturated heterocycles. The lowest BCUT2D eigenvalue weighted by Crippen LogP contribution is -2.30. The molecule has 0 fully saturated rings. The lowest BCUT2D eigenvalue weighted by Gasteiger charge is -2.13. The third kappa shape index (κ3) is 4.69. The lowest BCUT2D eigenvalue weighted by molar-refractivity contribution is -0.120. The average molecular weight is 398 g/mol. The van der Waals surface area contributed by atoms with Crippen molar-refractivity contribution in [3.05, 3.63) is 59.4 Å². The van der Waals surface area contributed by atoms with Gasteiger partial charge >= 0.3 is 0 Å². The summed E-state index contributed by atoms with van der Waals surface area (Å²) in [6, 6.07) is 13.3. The van der Waals surface area contributed by atoms with Gasteiger partial charge in [-0.05, 0) is 45.0 Å². The van der Waals surface area contributed by atoms with Crippen molar-refractivity contribution >= 4 is 17.7 Å². The number of ether oxygens (including phenoxy) is 1. The Balaban J connectivity index is 1.58. The third-order valence-corrected chi connectivity index (χ3v) is 5.19. The van der Waals surface area contributed by atoms with Gasteiger partial charge in [0.1, 0.15) is 10.8 Å². The first-order chi connectivity index (χ1) is 13.5. The van der Waals surface area contributed by atoms with Crippen molar-refractivity contribution in [3.8, 4) is 11.6 Å². The Labute approximate surface area is 168 Å². The molecular weight excluding hydrogens is 374 g/mol. The Morgan fingerprint density at radius 3 is 2.64 bits per heavy atom. The van der Waals surface area contributed by atoms with E-state index in [-0.39, 0.29) is 11.2 Å². The molecular formula is C20H23N5O2S. The predicted molar refractivity (Wildman–Crippen MR) is 109 cm³/mol. The molecule has 28 heavy (non-hydrogen) atoms. The zero-order valence-corrected chi connectivity index (χ0v) is 17.2. The minimum absolute atomic E-state index is 0.0691. The topological polar surface area (TPSA) is 81.9 Å². The molecule has 0 bridgehead atoms. The number of rotatable bonds is 7. The molecule has 0 unspecified atom stereocenters. The molecule has 0 aliphatic rings. The normalized spacial score (nSPS) is 11.9. The van der Waals surface area contributed by atoms with Crippen LogP contribution in [-0.2, 0) is 11.3 Å². The number of nitrogens with zero attached hydrogens (tertiary/aromatic N) is 4. The molecule has 2 aromatic heterocycles. The fourth-order valence-corrected chi connectivity index (χ4v) is 3.55. The average Bonchev–Trinajstić information content (AvgIpc) is 3.04. The SMILES string of the molecule is COc1ccccc1CNC(=O)[C@H](C)Sc1ccc(-n2nc(C)cc2C)nn1. The molecule has 1 aromatic carbocycles. The highest BCUT2D eigenvalue weighted by Gasteiger charge is 2.16. The van der Waals surface area contributed by atoms with Gasteiger partial charge in [0, 0.05) is 17.8 Å². The van der Waals surface area contributed by atoms with Gasteiger partial charge in [-0.3, -0.25) is 4.79 Å². The Morgan fingerprint density at radius 2 is 2.00 bits per heavy atom. The highest BCUT2D eigenvalue weighted by atomic mass is 32.2. The van der Waals surface area contributed by atoms with E-state index in [9.17, 15) is 4.79 Å². The maximum absolute atomic E-state index is 12.4. The second-order valence-corrected chi connectivity index (χ2v) is 7.72. The van der Waals surface area contributed by atoms with Gasteiger partial charge in [-0.2, -0.15) is 5.10 Å². The Hall–Kier alpha value is -2.87. The number of hydrogen-bond acceptors (Lipinski definition) is 6. The van der Waals surface area contributed by atoms with Gasteiger partial charge in [-0.25, -0.2) is 4.68 Å². The lowest BCUT2D eigenvalue weighted by atomic mass is 10.2. The Morgan fingerprint density at radius 1 is 1.21 bits per heavy atom. The first kappa shape index (κ1) is 19.9. The van der Waals surface area contributed by atoms with Crippen LogP contribution in [0.5, 0.6) is 5.75 Å². The van der Waals surface area contributed by atoms with Gasteiger partial charge < -0.3 is 10.1 Å². The second-order valence-electron chi connectivity index (χ2n) is 6.36. The molecule has 1 N–H and O–H groups in total. The maximum atomic E-state index is 12.4. The molecule has 1 amide bonds. The number of nitrogens with one attached hydrogen (secondary N) is 1. The van der Waals surface area contributed by atoms with E-state index in [1.807, 2.05) is 63.2 Å². The number of aromatic nitrogens is 4. The molecule has 2 heterocycles. The molecule has 3 aromatic rings. The summed E-state index contributed by atoms with van der Waals surface area (Å²) in [4.78, 5) is 12.4. The fourth-order valence-electron chi connectivity index (χ4n) is 2.76. The van der Waals surface area contributed by atoms with E-state index in [0.29, 0.717) is 17.4 Å². The van der Waals surface area contributed by atoms with Crippen LogP contribution in [0.25, 0.3) is 5.82 Å². The number of aryl methyl sites for hydroxylation is 2. The minimum atomic E-state index is -0.302. The highest BCUT2D eigenvalue weighted by Crippen LogP contribution is 2.22. The number of amides is 1. The van der Waals surface area contributed by atoms with Crippen LogP contribution in [0.3, 0.4) is 0 Å². The van der Waals surface area contributed by atoms with E-state index in [2.05, 4.69) is 20.6 Å². The number of thioether (sulfide) groups is 1. The van der Waals surface area contributed by atoms with Crippen molar-refractivity contribution < 1.29 is 9.53 Å². The van der Waals surface area contributed by atoms with E-state index in [0.717, 1.165) is 22.7 Å². The molecule has 7 nitrogen and oxygen atoms in total. The molecule has 0 saturated carbocycles. The van der Waals surface area contributed by atoms with Crippen molar-refractivity contribution in [2.24, 2.45) is 0 Å². The molecule has 1 atom stereocenters. The largest absolute Gasteiger partial charge is 0.496 e. The van der Waals surface area contributed by atoms with E-state index in [1.54, 1.807) is 11.8 Å². The standard InChI is InChI=1S/C20H23N5O2S/c1-13-11-14(2)25(24-13)18-9-10-19(23-22-18)28-15(3)20(26)21-12-16-7-5-6-8-17(16)27-4/h5-11,15H,12H2,1-4H3,(H,21,26)/t15-/m0/s1. The molecule has 8 heteroatoms. The van der Waals surface area contributed by atoms with Crippen LogP contribution >= 0.6 is 11.8 Å². The zero-order chi connectivity index (χ0) is 20.1. The van der Waals surface area contributed by atoms with Crippen LogP contribution in [0, 0.1) is 13.8 Å². The van der Waals surface area contributed by atoms with Crippen LogP contribution in [0.4, 0.5) is 0 Å². The van der Waals surface area contributed by atoms with Gasteiger partial charge in [-0.15, -0.1) is 10.2 Å². The molecule has 0 aliphatic carbocycles. The Kier molecular flexibility index (Phi) is 6.30. The van der Waals surface area contributed by atoms with Crippen LogP contribution < -0.4 is 10.1 Å². The molecule has 0 radical (unpaired) electrons. The number of para-hydroxylation sites is 1. The molecule has 146 valence electrons. The van der Waals surface area contributed by atoms with Crippen molar-refractivity contribution in [3.63, 3.8) is 0 Å². The summed E-state index contributed by atoms with van der Waals surface area (Å²) >= 11 is 1.36. The van der Waals surface area contributed by atoms with E-state index >= 15 is 0 Å². The smallest absolute Gasteiger partial charge is 0.233 e. The van der Waals surface area contributed by atoms with Crippen molar-refractivity contribution in [2.45, 2.75) is 37.6 Å². The number of benzene rings is 1. The van der Waals surface area contributed by atoms with Crippen LogP contribution in [0.2, 0.25) is 0 Å². The Bertz CT molecular complexity index is 955. The summed E-state index contributed by atoms with van der Waals surface area (Å²) in [5, 5.41) is 16.2. The van der Waals surface area contributed by atoms with Gasteiger partial charge in [0.15, 0.2) is 5.82 Å². The van der Waals surface area contributed by atoms with Crippen molar-refractivity contribution in [1.29, 1.82) is 0 Å². The molecule has 0 aliphatic heterocycles. The number of methoxy groups -OCH3 is 1. The van der Waals surface area contributed by atoms with Gasteiger partial charge in [0.05, 0.1) is 18.1 Å². The highest BCUT2D eigenvalue weighted by molar-refractivity contribution is 8.00. The monoisotopic (exact) mass is 397 g/mol. The van der Waals surface area contributed by atoms with E-state index in [1.165, 1.54) is 11.8 Å². The summed E-state index contributed by atoms with van der Waals surface area (Å²) in [7, 11) is 1.62. The van der Waals surface area contributed by atoms with E-state index < -0.39 is 0 Å². The fraction of sp³-hybridized carbons (Fsp3) is 0.300. The van der Waals surface area contributed by atoms with Crippen molar-refractivity contribution in [2.75, 3.05) is 7.11 Å². The van der Waals surface area contributed by atoms with Crippen LogP contribution in [0.15, 0.2) is 47.5 Å². The number of carbonyl (C=O) groups is 1. The predicted octanol–water partition coefficient (Wildman–Crippen LogP) is 3.08. The zero-order valence-electron chi connectivity index (χ0n) is 16.3. The number of carbonyl (C=O) groups excluding carboxylic acids is 1. The van der Waals surface area contributed by atoms with E-state index in [4.69, 9.17) is 4.74 Å². The third-order valence-electron chi connectivity index (χ3n) is 4.16. The summed E-state index contributed by atoms with van der Waals surface area (Å²) in [6.07, 6.45) is 0. The van der Waals surface area contributed by atoms with Gasteiger partial charge in [-0.1, -0.05) is 30.0 Å². The quantitative estimate of drug-likeness (QED) is 0.617. The van der Waals surface area contributed by atoms with Crippen LogP contribution in [0.1, 0.15) is 23.9 Å². The summed E-state index contributed by atoms with van der Waals surface area (Å²) in [6.45, 7) is 6.17. The van der Waals surface area contributed by atoms with Crippen LogP contribution in [-0.4, -0.2) is 38.2 Å². The minimum Gasteiger partial charge on any atom is -0.496 e. The summed E-state index contributed by atoms with van der Waals surface area (Å²) in [5.74, 6) is 1.34. The van der Waals surface area contributed by atoms with Crippen molar-refractivity contribution in [1.82, 2.24) is 25.3 Å². The summed E-state index contributed by atoms with van der Waals surface area (Å²) < 4.78 is 7.06. The first-order valence-corrected chi connectivity index (χ1v) is 9.79. The van der Waals surface area contributed by atoms with Gasteiger partial charge in [0.25, 0.3) is 0 Å². The molecule has 0 spiro atoms. The molecule has 3 rings (SSSR count). The number of hydrogen-bond donors (Lipinski definition) is 1.